The number of amides is 1. The summed E-state index contributed by atoms with van der Waals surface area (Å²) in [4.78, 5) is 29.5. The molecular formula is C17H18FN3O3S. The van der Waals surface area contributed by atoms with Gasteiger partial charge in [0.05, 0.1) is 18.2 Å². The number of nitrogens with one attached hydrogen (secondary N) is 1. The number of halogens is 1. The number of carbonyl (C=O) groups is 2. The number of carbonyl (C=O) groups excluding carboxylic acids is 1. The van der Waals surface area contributed by atoms with Crippen molar-refractivity contribution in [3.63, 3.8) is 0 Å². The molecule has 2 N–H and O–H groups in total. The number of hydrogen-bond acceptors (Lipinski definition) is 5. The lowest BCUT2D eigenvalue weighted by Crippen LogP contribution is -2.32. The van der Waals surface area contributed by atoms with Gasteiger partial charge in [0.25, 0.3) is 0 Å². The second-order valence-corrected chi connectivity index (χ2v) is 7.07. The van der Waals surface area contributed by atoms with Gasteiger partial charge in [-0.1, -0.05) is 6.92 Å². The molecule has 1 aromatic carbocycles. The van der Waals surface area contributed by atoms with Gasteiger partial charge in [-0.25, -0.2) is 9.37 Å². The molecule has 0 bridgehead atoms. The lowest BCUT2D eigenvalue weighted by atomic mass is 9.99. The van der Waals surface area contributed by atoms with Gasteiger partial charge in [-0.05, 0) is 30.2 Å². The molecule has 1 aromatic heterocycles. The van der Waals surface area contributed by atoms with Gasteiger partial charge in [-0.2, -0.15) is 0 Å². The molecule has 1 aliphatic rings. The number of aromatic nitrogens is 1. The molecule has 0 saturated carbocycles. The van der Waals surface area contributed by atoms with Crippen LogP contribution in [-0.2, 0) is 9.59 Å². The molecule has 1 fully saturated rings. The Morgan fingerprint density at radius 1 is 1.36 bits per heavy atom. The van der Waals surface area contributed by atoms with Crippen LogP contribution in [0.2, 0.25) is 0 Å². The minimum atomic E-state index is -0.820. The van der Waals surface area contributed by atoms with Gasteiger partial charge >= 0.3 is 5.97 Å². The van der Waals surface area contributed by atoms with E-state index in [1.165, 1.54) is 23.5 Å². The summed E-state index contributed by atoms with van der Waals surface area (Å²) in [5.74, 6) is -1.77. The number of hydrogen-bond donors (Lipinski definition) is 2. The van der Waals surface area contributed by atoms with E-state index in [0.717, 1.165) is 5.56 Å². The molecule has 132 valence electrons. The molecule has 3 rings (SSSR count). The minimum Gasteiger partial charge on any atom is -0.481 e. The molecule has 2 aromatic rings. The van der Waals surface area contributed by atoms with Crippen molar-refractivity contribution in [2.45, 2.75) is 6.92 Å². The molecule has 0 radical (unpaired) electrons. The second kappa shape index (κ2) is 7.28. The number of thiazole rings is 1. The smallest absolute Gasteiger partial charge is 0.308 e. The van der Waals surface area contributed by atoms with Gasteiger partial charge in [-0.3, -0.25) is 14.5 Å². The molecule has 1 aliphatic heterocycles. The number of anilines is 1. The average molecular weight is 363 g/mol. The van der Waals surface area contributed by atoms with Crippen LogP contribution in [-0.4, -0.2) is 46.5 Å². The molecule has 1 amide bonds. The third-order valence-electron chi connectivity index (χ3n) is 4.26. The van der Waals surface area contributed by atoms with E-state index < -0.39 is 11.9 Å². The topological polar surface area (TPSA) is 82.5 Å². The number of rotatable bonds is 5. The summed E-state index contributed by atoms with van der Waals surface area (Å²) in [6, 6.07) is 5.99. The van der Waals surface area contributed by atoms with E-state index in [1.54, 1.807) is 17.5 Å². The van der Waals surface area contributed by atoms with Crippen LogP contribution in [0, 0.1) is 17.7 Å². The molecule has 1 saturated heterocycles. The Morgan fingerprint density at radius 2 is 2.08 bits per heavy atom. The van der Waals surface area contributed by atoms with Gasteiger partial charge in [0.2, 0.25) is 5.91 Å². The predicted molar refractivity (Wildman–Crippen MR) is 92.9 cm³/mol. The third-order valence-corrected chi connectivity index (χ3v) is 5.02. The summed E-state index contributed by atoms with van der Waals surface area (Å²) in [6.45, 7) is 2.98. The van der Waals surface area contributed by atoms with Crippen molar-refractivity contribution >= 4 is 28.3 Å². The maximum atomic E-state index is 13.0. The van der Waals surface area contributed by atoms with Crippen LogP contribution in [0.5, 0.6) is 0 Å². The summed E-state index contributed by atoms with van der Waals surface area (Å²) in [5.41, 5.74) is 1.44. The van der Waals surface area contributed by atoms with Gasteiger partial charge in [0.15, 0.2) is 5.13 Å². The van der Waals surface area contributed by atoms with Crippen molar-refractivity contribution in [1.82, 2.24) is 9.88 Å². The van der Waals surface area contributed by atoms with Crippen molar-refractivity contribution in [3.8, 4) is 11.3 Å². The lowest BCUT2D eigenvalue weighted by Gasteiger charge is -2.13. The Kier molecular flexibility index (Phi) is 5.10. The lowest BCUT2D eigenvalue weighted by molar-refractivity contribution is -0.142. The monoisotopic (exact) mass is 363 g/mol. The Labute approximate surface area is 148 Å². The highest BCUT2D eigenvalue weighted by molar-refractivity contribution is 7.14. The molecule has 6 nitrogen and oxygen atoms in total. The molecule has 8 heteroatoms. The summed E-state index contributed by atoms with van der Waals surface area (Å²) in [6.07, 6.45) is 0. The number of benzene rings is 1. The maximum absolute atomic E-state index is 13.0. The molecule has 2 heterocycles. The zero-order chi connectivity index (χ0) is 18.0. The minimum absolute atomic E-state index is 0.0234. The molecule has 25 heavy (non-hydrogen) atoms. The first-order valence-corrected chi connectivity index (χ1v) is 8.77. The van der Waals surface area contributed by atoms with E-state index in [4.69, 9.17) is 5.11 Å². The van der Waals surface area contributed by atoms with Crippen LogP contribution in [0.25, 0.3) is 11.3 Å². The zero-order valence-corrected chi connectivity index (χ0v) is 14.4. The van der Waals surface area contributed by atoms with Crippen LogP contribution in [0.15, 0.2) is 29.6 Å². The first-order valence-electron chi connectivity index (χ1n) is 7.89. The Balaban J connectivity index is 1.57. The molecule has 0 unspecified atom stereocenters. The quantitative estimate of drug-likeness (QED) is 0.853. The van der Waals surface area contributed by atoms with E-state index in [1.807, 2.05) is 11.8 Å². The fourth-order valence-corrected chi connectivity index (χ4v) is 3.70. The number of carboxylic acid groups (broad SMARTS) is 1. The van der Waals surface area contributed by atoms with Gasteiger partial charge in [-0.15, -0.1) is 11.3 Å². The first-order chi connectivity index (χ1) is 11.9. The maximum Gasteiger partial charge on any atom is 0.308 e. The standard InChI is InChI=1S/C17H18FN3O3S/c1-10-6-21(7-13(10)16(23)24)8-15(22)20-17-19-14(9-25-17)11-2-4-12(18)5-3-11/h2-5,9-10,13H,6-8H2,1H3,(H,23,24)(H,19,20,22)/t10-,13-/m1/s1. The predicted octanol–water partition coefficient (Wildman–Crippen LogP) is 2.54. The summed E-state index contributed by atoms with van der Waals surface area (Å²) < 4.78 is 13.0. The SMILES string of the molecule is C[C@@H]1CN(CC(=O)Nc2nc(-c3ccc(F)cc3)cs2)C[C@H]1C(=O)O. The average Bonchev–Trinajstić information content (AvgIpc) is 3.15. The van der Waals surface area contributed by atoms with Crippen molar-refractivity contribution in [1.29, 1.82) is 0 Å². The van der Waals surface area contributed by atoms with Crippen molar-refractivity contribution in [2.75, 3.05) is 25.0 Å². The highest BCUT2D eigenvalue weighted by Crippen LogP contribution is 2.26. The number of aliphatic carboxylic acids is 1. The van der Waals surface area contributed by atoms with E-state index in [0.29, 0.717) is 23.9 Å². The Morgan fingerprint density at radius 3 is 2.72 bits per heavy atom. The highest BCUT2D eigenvalue weighted by atomic mass is 32.1. The van der Waals surface area contributed by atoms with Crippen LogP contribution < -0.4 is 5.32 Å². The van der Waals surface area contributed by atoms with E-state index in [2.05, 4.69) is 10.3 Å². The summed E-state index contributed by atoms with van der Waals surface area (Å²) in [5, 5.41) is 14.1. The van der Waals surface area contributed by atoms with Crippen molar-refractivity contribution < 1.29 is 19.1 Å². The third kappa shape index (κ3) is 4.21. The molecular weight excluding hydrogens is 345 g/mol. The normalized spacial score (nSPS) is 20.6. The van der Waals surface area contributed by atoms with Crippen LogP contribution in [0.4, 0.5) is 9.52 Å². The largest absolute Gasteiger partial charge is 0.481 e. The molecule has 0 aliphatic carbocycles. The zero-order valence-electron chi connectivity index (χ0n) is 13.6. The first kappa shape index (κ1) is 17.5. The fourth-order valence-electron chi connectivity index (χ4n) is 2.96. The second-order valence-electron chi connectivity index (χ2n) is 6.21. The fraction of sp³-hybridized carbons (Fsp3) is 0.353. The van der Waals surface area contributed by atoms with E-state index in [9.17, 15) is 14.0 Å². The molecule has 2 atom stereocenters. The van der Waals surface area contributed by atoms with Gasteiger partial charge in [0, 0.05) is 24.0 Å². The number of carboxylic acids is 1. The summed E-state index contributed by atoms with van der Waals surface area (Å²) in [7, 11) is 0. The van der Waals surface area contributed by atoms with Crippen LogP contribution >= 0.6 is 11.3 Å². The molecule has 0 spiro atoms. The summed E-state index contributed by atoms with van der Waals surface area (Å²) >= 11 is 1.29. The number of nitrogens with zero attached hydrogens (tertiary/aromatic N) is 2. The van der Waals surface area contributed by atoms with E-state index in [-0.39, 0.29) is 24.2 Å². The highest BCUT2D eigenvalue weighted by Gasteiger charge is 2.35. The van der Waals surface area contributed by atoms with Crippen molar-refractivity contribution in [3.05, 3.63) is 35.5 Å². The van der Waals surface area contributed by atoms with Crippen molar-refractivity contribution in [2.24, 2.45) is 11.8 Å². The number of likely N-dealkylation sites (tertiary alicyclic amines) is 1. The Hall–Kier alpha value is -2.32. The van der Waals surface area contributed by atoms with Gasteiger partial charge < -0.3 is 10.4 Å². The Bertz CT molecular complexity index is 778. The van der Waals surface area contributed by atoms with Crippen LogP contribution in [0.1, 0.15) is 6.92 Å². The van der Waals surface area contributed by atoms with E-state index >= 15 is 0 Å². The van der Waals surface area contributed by atoms with Crippen LogP contribution in [0.3, 0.4) is 0 Å². The van der Waals surface area contributed by atoms with Gasteiger partial charge in [0.1, 0.15) is 5.82 Å².